The molecular weight excluding hydrogens is 272 g/mol. The molecule has 1 N–H and O–H groups in total. The number of nitrogens with zero attached hydrogens (tertiary/aromatic N) is 1. The molecule has 0 fully saturated rings. The third-order valence-corrected chi connectivity index (χ3v) is 2.70. The molecule has 2 aromatic rings. The second kappa shape index (κ2) is 5.40. The van der Waals surface area contributed by atoms with Crippen LogP contribution >= 0.6 is 0 Å². The second-order valence-corrected chi connectivity index (χ2v) is 5.60. The zero-order chi connectivity index (χ0) is 15.6. The highest BCUT2D eigenvalue weighted by Crippen LogP contribution is 2.27. The molecule has 0 bridgehead atoms. The number of hydrogen-bond acceptors (Lipinski definition) is 4. The molecule has 2 rings (SSSR count). The van der Waals surface area contributed by atoms with Crippen molar-refractivity contribution in [3.05, 3.63) is 46.5 Å². The topological polar surface area (TPSA) is 81.5 Å². The lowest BCUT2D eigenvalue weighted by Crippen LogP contribution is -2.27. The van der Waals surface area contributed by atoms with E-state index in [0.717, 1.165) is 0 Å². The van der Waals surface area contributed by atoms with E-state index >= 15 is 0 Å². The van der Waals surface area contributed by atoms with Gasteiger partial charge in [0, 0.05) is 11.8 Å². The summed E-state index contributed by atoms with van der Waals surface area (Å²) in [6.45, 7) is 5.32. The maximum Gasteiger partial charge on any atom is 0.412 e. The number of carbonyl (C=O) groups is 1. The normalized spacial score (nSPS) is 11.2. The third-order valence-electron chi connectivity index (χ3n) is 2.70. The number of non-ortho nitro benzene ring substituents is 1. The van der Waals surface area contributed by atoms with E-state index in [2.05, 4.69) is 5.32 Å². The van der Waals surface area contributed by atoms with Gasteiger partial charge < -0.3 is 4.74 Å². The van der Waals surface area contributed by atoms with E-state index in [9.17, 15) is 14.9 Å². The Morgan fingerprint density at radius 1 is 1.24 bits per heavy atom. The molecule has 110 valence electrons. The van der Waals surface area contributed by atoms with Gasteiger partial charge in [0.15, 0.2) is 0 Å². The summed E-state index contributed by atoms with van der Waals surface area (Å²) in [6.07, 6.45) is -0.563. The summed E-state index contributed by atoms with van der Waals surface area (Å²) in [5.41, 5.74) is -0.0201. The average Bonchev–Trinajstić information content (AvgIpc) is 2.35. The number of fused-ring (bicyclic) bond motifs is 1. The first-order valence-corrected chi connectivity index (χ1v) is 6.43. The number of amides is 1. The predicted octanol–water partition coefficient (Wildman–Crippen LogP) is 4.10. The molecule has 0 aromatic heterocycles. The molecule has 0 unspecified atom stereocenters. The minimum atomic E-state index is -0.584. The maximum atomic E-state index is 11.7. The van der Waals surface area contributed by atoms with Gasteiger partial charge >= 0.3 is 6.09 Å². The summed E-state index contributed by atoms with van der Waals surface area (Å²) >= 11 is 0. The lowest BCUT2D eigenvalue weighted by atomic mass is 10.1. The highest BCUT2D eigenvalue weighted by Gasteiger charge is 2.17. The van der Waals surface area contributed by atoms with Crippen molar-refractivity contribution in [2.45, 2.75) is 26.4 Å². The van der Waals surface area contributed by atoms with Crippen molar-refractivity contribution in [3.8, 4) is 0 Å². The minimum absolute atomic E-state index is 0.0383. The molecule has 0 aliphatic rings. The first-order valence-electron chi connectivity index (χ1n) is 6.43. The van der Waals surface area contributed by atoms with Crippen LogP contribution in [-0.2, 0) is 4.74 Å². The molecule has 6 heteroatoms. The van der Waals surface area contributed by atoms with Gasteiger partial charge in [0.05, 0.1) is 10.3 Å². The van der Waals surface area contributed by atoms with E-state index in [1.54, 1.807) is 51.1 Å². The first-order chi connectivity index (χ1) is 9.76. The Bertz CT molecular complexity index is 704. The molecule has 0 saturated carbocycles. The number of anilines is 1. The van der Waals surface area contributed by atoms with Crippen LogP contribution in [0.15, 0.2) is 36.4 Å². The molecule has 6 nitrogen and oxygen atoms in total. The number of nitro benzene ring substituents is 1. The van der Waals surface area contributed by atoms with Gasteiger partial charge in [-0.25, -0.2) is 4.79 Å². The standard InChI is InChI=1S/C15H16N2O4/c1-15(2,3)21-14(18)16-11-7-8-12-10(9-11)5-4-6-13(12)17(19)20/h4-9H,1-3H3,(H,16,18). The number of carbonyl (C=O) groups excluding carboxylic acids is 1. The highest BCUT2D eigenvalue weighted by molar-refractivity contribution is 5.95. The Kier molecular flexibility index (Phi) is 3.80. The van der Waals surface area contributed by atoms with Crippen LogP contribution in [0.5, 0.6) is 0 Å². The van der Waals surface area contributed by atoms with Gasteiger partial charge in [-0.15, -0.1) is 0 Å². The summed E-state index contributed by atoms with van der Waals surface area (Å²) < 4.78 is 5.16. The number of ether oxygens (including phenoxy) is 1. The molecule has 0 spiro atoms. The number of hydrogen-bond donors (Lipinski definition) is 1. The van der Waals surface area contributed by atoms with E-state index in [0.29, 0.717) is 16.5 Å². The Balaban J connectivity index is 2.28. The van der Waals surface area contributed by atoms with Crippen LogP contribution in [0, 0.1) is 10.1 Å². The van der Waals surface area contributed by atoms with Gasteiger partial charge in [0.2, 0.25) is 0 Å². The quantitative estimate of drug-likeness (QED) is 0.666. The molecule has 0 aliphatic carbocycles. The van der Waals surface area contributed by atoms with Crippen LogP contribution in [0.25, 0.3) is 10.8 Å². The van der Waals surface area contributed by atoms with Gasteiger partial charge in [-0.2, -0.15) is 0 Å². The summed E-state index contributed by atoms with van der Waals surface area (Å²) in [5, 5.41) is 14.8. The SMILES string of the molecule is CC(C)(C)OC(=O)Nc1ccc2c([N+](=O)[O-])cccc2c1. The predicted molar refractivity (Wildman–Crippen MR) is 80.5 cm³/mol. The van der Waals surface area contributed by atoms with Crippen molar-refractivity contribution >= 4 is 28.2 Å². The molecule has 1 amide bonds. The molecule has 0 atom stereocenters. The summed E-state index contributed by atoms with van der Waals surface area (Å²) in [7, 11) is 0. The van der Waals surface area contributed by atoms with Crippen molar-refractivity contribution < 1.29 is 14.5 Å². The van der Waals surface area contributed by atoms with Gasteiger partial charge in [0.25, 0.3) is 5.69 Å². The Labute approximate surface area is 121 Å². The first kappa shape index (κ1) is 14.8. The van der Waals surface area contributed by atoms with Crippen LogP contribution in [0.2, 0.25) is 0 Å². The zero-order valence-electron chi connectivity index (χ0n) is 12.0. The fourth-order valence-electron chi connectivity index (χ4n) is 1.93. The second-order valence-electron chi connectivity index (χ2n) is 5.60. The fourth-order valence-corrected chi connectivity index (χ4v) is 1.93. The largest absolute Gasteiger partial charge is 0.444 e. The molecule has 0 aliphatic heterocycles. The van der Waals surface area contributed by atoms with Gasteiger partial charge in [-0.05, 0) is 44.4 Å². The van der Waals surface area contributed by atoms with Crippen LogP contribution in [0.4, 0.5) is 16.2 Å². The number of nitrogens with one attached hydrogen (secondary N) is 1. The van der Waals surface area contributed by atoms with Crippen molar-refractivity contribution in [2.24, 2.45) is 0 Å². The van der Waals surface area contributed by atoms with E-state index in [1.165, 1.54) is 6.07 Å². The summed E-state index contributed by atoms with van der Waals surface area (Å²) in [5.74, 6) is 0. The van der Waals surface area contributed by atoms with E-state index in [1.807, 2.05) is 0 Å². The van der Waals surface area contributed by atoms with Gasteiger partial charge in [-0.1, -0.05) is 12.1 Å². The highest BCUT2D eigenvalue weighted by atomic mass is 16.6. The minimum Gasteiger partial charge on any atom is -0.444 e. The number of rotatable bonds is 2. The van der Waals surface area contributed by atoms with Crippen LogP contribution in [-0.4, -0.2) is 16.6 Å². The molecule has 2 aromatic carbocycles. The Hall–Kier alpha value is -2.63. The maximum absolute atomic E-state index is 11.7. The number of benzene rings is 2. The van der Waals surface area contributed by atoms with Crippen molar-refractivity contribution in [1.29, 1.82) is 0 Å². The van der Waals surface area contributed by atoms with Crippen molar-refractivity contribution in [1.82, 2.24) is 0 Å². The van der Waals surface area contributed by atoms with Crippen LogP contribution in [0.1, 0.15) is 20.8 Å². The summed E-state index contributed by atoms with van der Waals surface area (Å²) in [6, 6.07) is 9.70. The molecule has 0 heterocycles. The van der Waals surface area contributed by atoms with Crippen molar-refractivity contribution in [3.63, 3.8) is 0 Å². The molecule has 0 radical (unpaired) electrons. The third kappa shape index (κ3) is 3.68. The monoisotopic (exact) mass is 288 g/mol. The Morgan fingerprint density at radius 3 is 2.57 bits per heavy atom. The van der Waals surface area contributed by atoms with Crippen LogP contribution in [0.3, 0.4) is 0 Å². The molecule has 21 heavy (non-hydrogen) atoms. The fraction of sp³-hybridized carbons (Fsp3) is 0.267. The van der Waals surface area contributed by atoms with Gasteiger partial charge in [-0.3, -0.25) is 15.4 Å². The van der Waals surface area contributed by atoms with Gasteiger partial charge in [0.1, 0.15) is 5.60 Å². The summed E-state index contributed by atoms with van der Waals surface area (Å²) in [4.78, 5) is 22.2. The van der Waals surface area contributed by atoms with E-state index in [4.69, 9.17) is 4.74 Å². The smallest absolute Gasteiger partial charge is 0.412 e. The Morgan fingerprint density at radius 2 is 1.95 bits per heavy atom. The lowest BCUT2D eigenvalue weighted by molar-refractivity contribution is -0.383. The zero-order valence-corrected chi connectivity index (χ0v) is 12.0. The number of nitro groups is 1. The lowest BCUT2D eigenvalue weighted by Gasteiger charge is -2.19. The van der Waals surface area contributed by atoms with Crippen molar-refractivity contribution in [2.75, 3.05) is 5.32 Å². The molecular formula is C15H16N2O4. The van der Waals surface area contributed by atoms with E-state index in [-0.39, 0.29) is 5.69 Å². The van der Waals surface area contributed by atoms with E-state index < -0.39 is 16.6 Å². The van der Waals surface area contributed by atoms with Crippen LogP contribution < -0.4 is 5.32 Å². The average molecular weight is 288 g/mol. The molecule has 0 saturated heterocycles.